The summed E-state index contributed by atoms with van der Waals surface area (Å²) in [5.41, 5.74) is 1.85. The van der Waals surface area contributed by atoms with E-state index in [9.17, 15) is 9.59 Å². The van der Waals surface area contributed by atoms with Crippen LogP contribution in [0.4, 0.5) is 0 Å². The van der Waals surface area contributed by atoms with Gasteiger partial charge in [0, 0.05) is 38.9 Å². The maximum Gasteiger partial charge on any atom is 0.227 e. The van der Waals surface area contributed by atoms with Crippen molar-refractivity contribution in [2.75, 3.05) is 73.3 Å². The number of hydrogen-bond acceptors (Lipinski definition) is 8. The summed E-state index contributed by atoms with van der Waals surface area (Å²) < 4.78 is 33.6. The second-order valence-corrected chi connectivity index (χ2v) is 9.41. The van der Waals surface area contributed by atoms with Gasteiger partial charge < -0.3 is 33.3 Å². The van der Waals surface area contributed by atoms with Crippen molar-refractivity contribution in [2.24, 2.45) is 0 Å². The Kier molecular flexibility index (Phi) is 15.5. The normalized spacial score (nSPS) is 10.6. The van der Waals surface area contributed by atoms with Crippen LogP contribution in [0.1, 0.15) is 34.0 Å². The highest BCUT2D eigenvalue weighted by Crippen LogP contribution is 2.38. The molecule has 1 amide bonds. The van der Waals surface area contributed by atoms with E-state index < -0.39 is 0 Å². The number of rotatable bonds is 21. The van der Waals surface area contributed by atoms with Gasteiger partial charge in [-0.05, 0) is 35.7 Å². The summed E-state index contributed by atoms with van der Waals surface area (Å²) in [5, 5.41) is 0. The van der Waals surface area contributed by atoms with E-state index >= 15 is 0 Å². The van der Waals surface area contributed by atoms with Gasteiger partial charge in [0.25, 0.3) is 0 Å². The van der Waals surface area contributed by atoms with Crippen molar-refractivity contribution in [3.05, 3.63) is 71.8 Å². The van der Waals surface area contributed by atoms with Crippen LogP contribution in [0.15, 0.2) is 49.6 Å². The molecule has 42 heavy (non-hydrogen) atoms. The molecule has 2 aromatic carbocycles. The maximum absolute atomic E-state index is 14.3. The first-order valence-electron chi connectivity index (χ1n) is 13.7. The number of nitrogens with zero attached hydrogens (tertiary/aromatic N) is 1. The summed E-state index contributed by atoms with van der Waals surface area (Å²) in [4.78, 5) is 29.7. The molecule has 0 N–H and O–H groups in total. The molecule has 0 aliphatic heterocycles. The van der Waals surface area contributed by atoms with Gasteiger partial charge in [-0.2, -0.15) is 0 Å². The van der Waals surface area contributed by atoms with Gasteiger partial charge in [-0.25, -0.2) is 0 Å². The molecule has 0 saturated heterocycles. The minimum atomic E-state index is -0.343. The lowest BCUT2D eigenvalue weighted by Gasteiger charge is -2.25. The van der Waals surface area contributed by atoms with Gasteiger partial charge >= 0.3 is 0 Å². The van der Waals surface area contributed by atoms with Crippen molar-refractivity contribution < 1.29 is 38.0 Å². The number of alkyl halides is 1. The SMILES string of the molecule is C=CCOc1cc(OCC=C)c(C(=O)c2ccc(OCCCl)c(OC)c2)c(CC(=O)N(CCOC)CCOC)c1CC. The smallest absolute Gasteiger partial charge is 0.227 e. The van der Waals surface area contributed by atoms with Crippen molar-refractivity contribution in [1.29, 1.82) is 0 Å². The van der Waals surface area contributed by atoms with Gasteiger partial charge in [-0.1, -0.05) is 32.2 Å². The van der Waals surface area contributed by atoms with Crippen molar-refractivity contribution in [3.8, 4) is 23.0 Å². The summed E-state index contributed by atoms with van der Waals surface area (Å²) in [6.07, 6.45) is 3.65. The molecule has 0 aliphatic rings. The molecule has 0 atom stereocenters. The van der Waals surface area contributed by atoms with Crippen molar-refractivity contribution in [1.82, 2.24) is 4.90 Å². The molecule has 9 nitrogen and oxygen atoms in total. The summed E-state index contributed by atoms with van der Waals surface area (Å²) in [7, 11) is 4.65. The van der Waals surface area contributed by atoms with Gasteiger partial charge in [0.05, 0.1) is 38.2 Å². The largest absolute Gasteiger partial charge is 0.493 e. The number of carbonyl (C=O) groups excluding carboxylic acids is 2. The third-order valence-electron chi connectivity index (χ3n) is 6.34. The van der Waals surface area contributed by atoms with Crippen LogP contribution in [0.2, 0.25) is 0 Å². The summed E-state index contributed by atoms with van der Waals surface area (Å²) in [6.45, 7) is 11.6. The number of amides is 1. The molecule has 0 unspecified atom stereocenters. The van der Waals surface area contributed by atoms with Gasteiger partial charge in [0.1, 0.15) is 31.3 Å². The number of ether oxygens (including phenoxy) is 6. The number of benzene rings is 2. The maximum atomic E-state index is 14.3. The van der Waals surface area contributed by atoms with Crippen LogP contribution in [0.3, 0.4) is 0 Å². The van der Waals surface area contributed by atoms with Gasteiger partial charge in [0.15, 0.2) is 17.3 Å². The molecule has 0 heterocycles. The van der Waals surface area contributed by atoms with E-state index in [1.807, 2.05) is 6.92 Å². The Labute approximate surface area is 253 Å². The Hall–Kier alpha value is -3.53. The minimum Gasteiger partial charge on any atom is -0.493 e. The molecular formula is C32H42ClNO8. The van der Waals surface area contributed by atoms with E-state index in [1.54, 1.807) is 55.5 Å². The second kappa shape index (κ2) is 18.8. The van der Waals surface area contributed by atoms with Crippen LogP contribution in [-0.2, 0) is 27.1 Å². The first-order chi connectivity index (χ1) is 20.4. The first-order valence-corrected chi connectivity index (χ1v) is 14.3. The Morgan fingerprint density at radius 1 is 0.833 bits per heavy atom. The van der Waals surface area contributed by atoms with Crippen molar-refractivity contribution in [2.45, 2.75) is 19.8 Å². The molecule has 0 aliphatic carbocycles. The second-order valence-electron chi connectivity index (χ2n) is 9.03. The monoisotopic (exact) mass is 603 g/mol. The molecule has 0 fully saturated rings. The van der Waals surface area contributed by atoms with Gasteiger partial charge in [-0.3, -0.25) is 9.59 Å². The van der Waals surface area contributed by atoms with Crippen LogP contribution >= 0.6 is 11.6 Å². The molecule has 0 bridgehead atoms. The molecule has 0 aromatic heterocycles. The molecular weight excluding hydrogens is 562 g/mol. The van der Waals surface area contributed by atoms with Crippen molar-refractivity contribution in [3.63, 3.8) is 0 Å². The molecule has 0 saturated carbocycles. The Morgan fingerprint density at radius 2 is 1.48 bits per heavy atom. The fraction of sp³-hybridized carbons (Fsp3) is 0.438. The molecule has 2 aromatic rings. The van der Waals surface area contributed by atoms with E-state index in [1.165, 1.54) is 7.11 Å². The van der Waals surface area contributed by atoms with Crippen LogP contribution in [0.25, 0.3) is 0 Å². The highest BCUT2D eigenvalue weighted by atomic mass is 35.5. The van der Waals surface area contributed by atoms with E-state index in [0.29, 0.717) is 67.0 Å². The minimum absolute atomic E-state index is 0.0680. The van der Waals surface area contributed by atoms with Gasteiger partial charge in [-0.15, -0.1) is 11.6 Å². The standard InChI is InChI=1S/C32H42ClNO8/c1-7-15-40-27-22-29(41-16-8-2)31(32(36)23-10-11-26(42-17-12-33)28(20-23)39-6)25(24(27)9-3)21-30(35)34(13-18-37-4)14-19-38-5/h7-8,10-11,20,22H,1-2,9,12-19,21H2,3-6H3. The zero-order chi connectivity index (χ0) is 30.9. The summed E-state index contributed by atoms with van der Waals surface area (Å²) >= 11 is 5.78. The quantitative estimate of drug-likeness (QED) is 0.113. The topological polar surface area (TPSA) is 92.8 Å². The third kappa shape index (κ3) is 9.51. The lowest BCUT2D eigenvalue weighted by molar-refractivity contribution is -0.131. The summed E-state index contributed by atoms with van der Waals surface area (Å²) in [6, 6.07) is 6.60. The first kappa shape index (κ1) is 34.7. The summed E-state index contributed by atoms with van der Waals surface area (Å²) in [5.74, 6) is 1.40. The van der Waals surface area contributed by atoms with E-state index in [-0.39, 0.29) is 49.2 Å². The average molecular weight is 604 g/mol. The van der Waals surface area contributed by atoms with Crippen LogP contribution in [0.5, 0.6) is 23.0 Å². The lowest BCUT2D eigenvalue weighted by atomic mass is 9.89. The van der Waals surface area contributed by atoms with Crippen LogP contribution in [-0.4, -0.2) is 89.9 Å². The Balaban J connectivity index is 2.76. The number of hydrogen-bond donors (Lipinski definition) is 0. The number of ketones is 1. The molecule has 2 rings (SSSR count). The predicted octanol–water partition coefficient (Wildman–Crippen LogP) is 4.90. The highest BCUT2D eigenvalue weighted by molar-refractivity contribution is 6.18. The molecule has 10 heteroatoms. The van der Waals surface area contributed by atoms with Crippen LogP contribution < -0.4 is 18.9 Å². The molecule has 0 radical (unpaired) electrons. The Bertz CT molecular complexity index is 1190. The van der Waals surface area contributed by atoms with E-state index in [0.717, 1.165) is 5.56 Å². The fourth-order valence-electron chi connectivity index (χ4n) is 4.35. The molecule has 230 valence electrons. The number of carbonyl (C=O) groups is 2. The predicted molar refractivity (Wildman–Crippen MR) is 164 cm³/mol. The lowest BCUT2D eigenvalue weighted by Crippen LogP contribution is -2.38. The molecule has 0 spiro atoms. The number of methoxy groups -OCH3 is 3. The average Bonchev–Trinajstić information content (AvgIpc) is 3.01. The van der Waals surface area contributed by atoms with Gasteiger partial charge in [0.2, 0.25) is 5.91 Å². The fourth-order valence-corrected chi connectivity index (χ4v) is 4.42. The Morgan fingerprint density at radius 3 is 2.02 bits per heavy atom. The van der Waals surface area contributed by atoms with E-state index in [2.05, 4.69) is 13.2 Å². The zero-order valence-corrected chi connectivity index (χ0v) is 25.8. The third-order valence-corrected chi connectivity index (χ3v) is 6.49. The highest BCUT2D eigenvalue weighted by Gasteiger charge is 2.28. The van der Waals surface area contributed by atoms with E-state index in [4.69, 9.17) is 40.0 Å². The number of halogens is 1. The van der Waals surface area contributed by atoms with Crippen LogP contribution in [0, 0.1) is 0 Å². The zero-order valence-electron chi connectivity index (χ0n) is 25.0. The van der Waals surface area contributed by atoms with Crippen molar-refractivity contribution >= 4 is 23.3 Å².